The van der Waals surface area contributed by atoms with Gasteiger partial charge < -0.3 is 5.11 Å². The number of rotatable bonds is 3. The van der Waals surface area contributed by atoms with Gasteiger partial charge in [0.2, 0.25) is 0 Å². The first-order valence-electron chi connectivity index (χ1n) is 4.15. The van der Waals surface area contributed by atoms with Crippen molar-refractivity contribution in [3.05, 3.63) is 41.3 Å². The van der Waals surface area contributed by atoms with Gasteiger partial charge in [-0.3, -0.25) is 0 Å². The van der Waals surface area contributed by atoms with Crippen molar-refractivity contribution in [3.8, 4) is 0 Å². The monoisotopic (exact) mass is 212 g/mol. The molecule has 0 heterocycles. The average Bonchev–Trinajstić information content (AvgIpc) is 2.16. The molecule has 14 heavy (non-hydrogen) atoms. The standard InChI is InChI=1S/C10H12O3S/c1-9-3-5-10(6-4-9)14(12,13)8-2-7-11/h2-6,8,11H,7H2,1H3/b8-2+. The van der Waals surface area contributed by atoms with E-state index in [1.165, 1.54) is 6.08 Å². The summed E-state index contributed by atoms with van der Waals surface area (Å²) in [5, 5.41) is 9.48. The Balaban J connectivity index is 3.05. The molecule has 1 aromatic rings. The minimum atomic E-state index is -3.38. The van der Waals surface area contributed by atoms with Crippen LogP contribution in [0.4, 0.5) is 0 Å². The topological polar surface area (TPSA) is 54.4 Å². The van der Waals surface area contributed by atoms with Gasteiger partial charge in [0.05, 0.1) is 11.5 Å². The number of aryl methyl sites for hydroxylation is 1. The van der Waals surface area contributed by atoms with Gasteiger partial charge in [0.1, 0.15) is 0 Å². The van der Waals surface area contributed by atoms with Gasteiger partial charge in [0.25, 0.3) is 0 Å². The number of hydrogen-bond acceptors (Lipinski definition) is 3. The summed E-state index contributed by atoms with van der Waals surface area (Å²) in [6, 6.07) is 6.57. The molecule has 0 aliphatic carbocycles. The van der Waals surface area contributed by atoms with Gasteiger partial charge in [-0.2, -0.15) is 0 Å². The zero-order valence-corrected chi connectivity index (χ0v) is 8.66. The smallest absolute Gasteiger partial charge is 0.199 e. The number of hydrogen-bond donors (Lipinski definition) is 1. The summed E-state index contributed by atoms with van der Waals surface area (Å²) >= 11 is 0. The molecule has 76 valence electrons. The largest absolute Gasteiger partial charge is 0.392 e. The molecule has 0 spiro atoms. The lowest BCUT2D eigenvalue weighted by molar-refractivity contribution is 0.343. The van der Waals surface area contributed by atoms with E-state index in [0.717, 1.165) is 11.0 Å². The average molecular weight is 212 g/mol. The highest BCUT2D eigenvalue weighted by molar-refractivity contribution is 7.94. The molecule has 0 radical (unpaired) electrons. The van der Waals surface area contributed by atoms with Crippen molar-refractivity contribution in [2.24, 2.45) is 0 Å². The van der Waals surface area contributed by atoms with Gasteiger partial charge in [0.15, 0.2) is 9.84 Å². The molecule has 0 aliphatic heterocycles. The Kier molecular flexibility index (Phi) is 3.43. The maximum Gasteiger partial charge on any atom is 0.199 e. The zero-order chi connectivity index (χ0) is 10.6. The fraction of sp³-hybridized carbons (Fsp3) is 0.200. The Morgan fingerprint density at radius 1 is 1.29 bits per heavy atom. The SMILES string of the molecule is Cc1ccc(S(=O)(=O)/C=C/CO)cc1. The predicted molar refractivity (Wildman–Crippen MR) is 54.6 cm³/mol. The number of benzene rings is 1. The van der Waals surface area contributed by atoms with Crippen molar-refractivity contribution in [3.63, 3.8) is 0 Å². The van der Waals surface area contributed by atoms with Crippen molar-refractivity contribution in [1.29, 1.82) is 0 Å². The van der Waals surface area contributed by atoms with Gasteiger partial charge in [-0.15, -0.1) is 0 Å². The van der Waals surface area contributed by atoms with E-state index in [-0.39, 0.29) is 11.5 Å². The van der Waals surface area contributed by atoms with Crippen molar-refractivity contribution in [2.75, 3.05) is 6.61 Å². The lowest BCUT2D eigenvalue weighted by Crippen LogP contribution is -1.96. The molecule has 0 unspecified atom stereocenters. The van der Waals surface area contributed by atoms with E-state index < -0.39 is 9.84 Å². The molecule has 4 heteroatoms. The molecule has 3 nitrogen and oxygen atoms in total. The Bertz CT molecular complexity index is 415. The fourth-order valence-corrected chi connectivity index (χ4v) is 1.99. The summed E-state index contributed by atoms with van der Waals surface area (Å²) in [7, 11) is -3.38. The van der Waals surface area contributed by atoms with Crippen LogP contribution in [0.25, 0.3) is 0 Å². The van der Waals surface area contributed by atoms with Crippen molar-refractivity contribution < 1.29 is 13.5 Å². The first-order chi connectivity index (χ1) is 6.56. The van der Waals surface area contributed by atoms with Crippen LogP contribution in [0.15, 0.2) is 40.6 Å². The molecule has 1 aromatic carbocycles. The molecule has 1 N–H and O–H groups in total. The second-order valence-electron chi connectivity index (χ2n) is 2.91. The van der Waals surface area contributed by atoms with E-state index in [0.29, 0.717) is 0 Å². The van der Waals surface area contributed by atoms with Crippen LogP contribution in [0.1, 0.15) is 5.56 Å². The van der Waals surface area contributed by atoms with E-state index in [4.69, 9.17) is 5.11 Å². The van der Waals surface area contributed by atoms with Gasteiger partial charge in [-0.05, 0) is 25.1 Å². The molecule has 0 aromatic heterocycles. The Hall–Kier alpha value is -1.13. The zero-order valence-electron chi connectivity index (χ0n) is 7.84. The van der Waals surface area contributed by atoms with E-state index in [1.54, 1.807) is 24.3 Å². The first kappa shape index (κ1) is 10.9. The normalized spacial score (nSPS) is 12.1. The lowest BCUT2D eigenvalue weighted by atomic mass is 10.2. The third-order valence-electron chi connectivity index (χ3n) is 1.73. The van der Waals surface area contributed by atoms with Crippen LogP contribution < -0.4 is 0 Å². The van der Waals surface area contributed by atoms with Crippen LogP contribution >= 0.6 is 0 Å². The Morgan fingerprint density at radius 2 is 1.86 bits per heavy atom. The minimum absolute atomic E-state index is 0.243. The number of sulfone groups is 1. The summed E-state index contributed by atoms with van der Waals surface area (Å²) in [5.41, 5.74) is 1.01. The second kappa shape index (κ2) is 4.39. The Morgan fingerprint density at radius 3 is 2.36 bits per heavy atom. The molecule has 0 bridgehead atoms. The lowest BCUT2D eigenvalue weighted by Gasteiger charge is -1.98. The van der Waals surface area contributed by atoms with Crippen LogP contribution in [-0.4, -0.2) is 20.1 Å². The molecular weight excluding hydrogens is 200 g/mol. The highest BCUT2D eigenvalue weighted by atomic mass is 32.2. The summed E-state index contributed by atoms with van der Waals surface area (Å²) in [6.45, 7) is 1.62. The van der Waals surface area contributed by atoms with Gasteiger partial charge in [0, 0.05) is 5.41 Å². The third kappa shape index (κ3) is 2.68. The van der Waals surface area contributed by atoms with E-state index >= 15 is 0 Å². The van der Waals surface area contributed by atoms with E-state index in [2.05, 4.69) is 0 Å². The molecule has 0 aliphatic rings. The van der Waals surface area contributed by atoms with Crippen molar-refractivity contribution >= 4 is 9.84 Å². The highest BCUT2D eigenvalue weighted by Crippen LogP contribution is 2.12. The van der Waals surface area contributed by atoms with Crippen LogP contribution in [0.3, 0.4) is 0 Å². The molecule has 0 fully saturated rings. The van der Waals surface area contributed by atoms with E-state index in [9.17, 15) is 8.42 Å². The maximum atomic E-state index is 11.5. The molecule has 0 saturated heterocycles. The Labute approximate surface area is 83.6 Å². The molecular formula is C10H12O3S. The predicted octanol–water partition coefficient (Wildman–Crippen LogP) is 1.27. The van der Waals surface area contributed by atoms with Crippen LogP contribution in [0.2, 0.25) is 0 Å². The van der Waals surface area contributed by atoms with Gasteiger partial charge in [-0.1, -0.05) is 17.7 Å². The quantitative estimate of drug-likeness (QED) is 0.821. The van der Waals surface area contributed by atoms with E-state index in [1.807, 2.05) is 6.92 Å². The van der Waals surface area contributed by atoms with Crippen LogP contribution in [-0.2, 0) is 9.84 Å². The first-order valence-corrected chi connectivity index (χ1v) is 5.70. The van der Waals surface area contributed by atoms with Crippen molar-refractivity contribution in [1.82, 2.24) is 0 Å². The van der Waals surface area contributed by atoms with Crippen molar-refractivity contribution in [2.45, 2.75) is 11.8 Å². The number of aliphatic hydroxyl groups is 1. The third-order valence-corrected chi connectivity index (χ3v) is 3.21. The second-order valence-corrected chi connectivity index (χ2v) is 4.75. The van der Waals surface area contributed by atoms with Gasteiger partial charge >= 0.3 is 0 Å². The fourth-order valence-electron chi connectivity index (χ4n) is 0.976. The summed E-state index contributed by atoms with van der Waals surface area (Å²) in [4.78, 5) is 0.243. The minimum Gasteiger partial charge on any atom is -0.392 e. The molecule has 0 amide bonds. The van der Waals surface area contributed by atoms with Crippen LogP contribution in [0.5, 0.6) is 0 Å². The molecule has 1 rings (SSSR count). The number of aliphatic hydroxyl groups excluding tert-OH is 1. The molecule has 0 atom stereocenters. The summed E-state index contributed by atoms with van der Waals surface area (Å²) in [6.07, 6.45) is 1.20. The summed E-state index contributed by atoms with van der Waals surface area (Å²) < 4.78 is 23.0. The highest BCUT2D eigenvalue weighted by Gasteiger charge is 2.08. The van der Waals surface area contributed by atoms with Gasteiger partial charge in [-0.25, -0.2) is 8.42 Å². The summed E-state index contributed by atoms with van der Waals surface area (Å²) in [5.74, 6) is 0. The maximum absolute atomic E-state index is 11.5. The molecule has 0 saturated carbocycles. The van der Waals surface area contributed by atoms with Crippen LogP contribution in [0, 0.1) is 6.92 Å².